The van der Waals surface area contributed by atoms with Gasteiger partial charge in [-0.15, -0.1) is 0 Å². The Kier molecular flexibility index (Phi) is 7.46. The first-order chi connectivity index (χ1) is 19.8. The molecule has 0 bridgehead atoms. The molecule has 220 valence electrons. The molecule has 1 aliphatic heterocycles. The summed E-state index contributed by atoms with van der Waals surface area (Å²) < 4.78 is 85.4. The van der Waals surface area contributed by atoms with Crippen LogP contribution in [0.2, 0.25) is 0 Å². The van der Waals surface area contributed by atoms with E-state index in [4.69, 9.17) is 4.74 Å². The van der Waals surface area contributed by atoms with Crippen molar-refractivity contribution in [2.24, 2.45) is 0 Å². The fraction of sp³-hybridized carbons (Fsp3) is 0.310. The van der Waals surface area contributed by atoms with Crippen molar-refractivity contribution in [2.45, 2.75) is 50.6 Å². The number of aryl methyl sites for hydroxylation is 1. The number of carbonyl (C=O) groups is 3. The number of rotatable bonds is 7. The van der Waals surface area contributed by atoms with Gasteiger partial charge in [0.15, 0.2) is 0 Å². The number of halogens is 6. The van der Waals surface area contributed by atoms with Crippen LogP contribution in [0, 0.1) is 5.82 Å². The number of amides is 3. The zero-order valence-corrected chi connectivity index (χ0v) is 22.0. The molecule has 13 heteroatoms. The lowest BCUT2D eigenvalue weighted by atomic mass is 9.93. The predicted molar refractivity (Wildman–Crippen MR) is 135 cm³/mol. The van der Waals surface area contributed by atoms with Gasteiger partial charge >= 0.3 is 12.3 Å². The Balaban J connectivity index is 1.37. The highest BCUT2D eigenvalue weighted by molar-refractivity contribution is 6.06. The maximum absolute atomic E-state index is 13.6. The fourth-order valence-corrected chi connectivity index (χ4v) is 5.17. The summed E-state index contributed by atoms with van der Waals surface area (Å²) in [6.07, 6.45) is -7.07. The van der Waals surface area contributed by atoms with Gasteiger partial charge in [-0.3, -0.25) is 14.6 Å². The Morgan fingerprint density at radius 2 is 1.76 bits per heavy atom. The quantitative estimate of drug-likeness (QED) is 0.319. The van der Waals surface area contributed by atoms with Crippen molar-refractivity contribution >= 4 is 17.9 Å². The van der Waals surface area contributed by atoms with Gasteiger partial charge in [-0.1, -0.05) is 36.4 Å². The molecule has 7 nitrogen and oxygen atoms in total. The average Bonchev–Trinajstić information content (AvgIpc) is 3.43. The summed E-state index contributed by atoms with van der Waals surface area (Å²) in [5.41, 5.74) is 0.267. The fourth-order valence-electron chi connectivity index (χ4n) is 5.17. The molecule has 3 aromatic rings. The van der Waals surface area contributed by atoms with Gasteiger partial charge in [0.25, 0.3) is 12.3 Å². The number of pyridine rings is 1. The first-order valence-corrected chi connectivity index (χ1v) is 12.8. The van der Waals surface area contributed by atoms with E-state index in [1.165, 1.54) is 30.5 Å². The number of carbonyl (C=O) groups excluding carboxylic acids is 3. The van der Waals surface area contributed by atoms with E-state index in [2.05, 4.69) is 4.98 Å². The Bertz CT molecular complexity index is 1530. The van der Waals surface area contributed by atoms with Gasteiger partial charge in [-0.05, 0) is 48.2 Å². The molecule has 2 atom stereocenters. The molecule has 2 aliphatic rings. The maximum Gasteiger partial charge on any atom is 0.418 e. The SMILES string of the molecule is CC(N(Cc1ccc(F)cc1)C(=O)CN1C(=O)O[C@@]2(CCc3cc(-c4ccc(C(F)F)nc4)ccc32)C1=O)C(F)(F)F. The summed E-state index contributed by atoms with van der Waals surface area (Å²) in [7, 11) is 0. The smallest absolute Gasteiger partial charge is 0.418 e. The summed E-state index contributed by atoms with van der Waals surface area (Å²) in [6, 6.07) is 9.84. The second-order valence-electron chi connectivity index (χ2n) is 10.1. The second kappa shape index (κ2) is 10.8. The van der Waals surface area contributed by atoms with Crippen molar-refractivity contribution in [1.29, 1.82) is 0 Å². The number of alkyl halides is 5. The van der Waals surface area contributed by atoms with E-state index in [1.54, 1.807) is 18.2 Å². The number of nitrogens with zero attached hydrogens (tertiary/aromatic N) is 3. The normalized spacial score (nSPS) is 18.9. The number of aromatic nitrogens is 1. The van der Waals surface area contributed by atoms with Gasteiger partial charge in [0.05, 0.1) is 0 Å². The lowest BCUT2D eigenvalue weighted by Crippen LogP contribution is -2.51. The predicted octanol–water partition coefficient (Wildman–Crippen LogP) is 5.93. The van der Waals surface area contributed by atoms with Gasteiger partial charge in [0.2, 0.25) is 11.5 Å². The monoisotopic (exact) mass is 591 g/mol. The van der Waals surface area contributed by atoms with Crippen LogP contribution >= 0.6 is 0 Å². The van der Waals surface area contributed by atoms with E-state index in [0.717, 1.165) is 19.1 Å². The third-order valence-electron chi connectivity index (χ3n) is 7.52. The standard InChI is InChI=1S/C29H23F6N3O4/c1-16(29(33,34)35)37(14-17-2-6-21(30)7-3-17)24(39)15-38-26(40)28(42-27(38)41)11-10-19-12-18(4-8-22(19)28)20-5-9-23(25(31)32)36-13-20/h2-9,12-13,16,25H,10-11,14-15H2,1H3/t16?,28-/m1/s1. The Morgan fingerprint density at radius 1 is 1.07 bits per heavy atom. The zero-order valence-electron chi connectivity index (χ0n) is 22.0. The van der Waals surface area contributed by atoms with Crippen LogP contribution in [0.4, 0.5) is 31.1 Å². The van der Waals surface area contributed by atoms with Crippen molar-refractivity contribution in [3.63, 3.8) is 0 Å². The molecule has 0 saturated carbocycles. The van der Waals surface area contributed by atoms with Crippen LogP contribution in [0.1, 0.15) is 42.2 Å². The molecule has 2 heterocycles. The van der Waals surface area contributed by atoms with Gasteiger partial charge in [0.1, 0.15) is 24.1 Å². The van der Waals surface area contributed by atoms with Crippen molar-refractivity contribution in [2.75, 3.05) is 6.54 Å². The molecule has 2 aromatic carbocycles. The first-order valence-electron chi connectivity index (χ1n) is 12.8. The van der Waals surface area contributed by atoms with Crippen molar-refractivity contribution in [3.05, 3.63) is 89.0 Å². The number of hydrogen-bond acceptors (Lipinski definition) is 5. The largest absolute Gasteiger partial charge is 0.427 e. The van der Waals surface area contributed by atoms with Crippen molar-refractivity contribution < 1.29 is 45.5 Å². The molecular weight excluding hydrogens is 568 g/mol. The van der Waals surface area contributed by atoms with E-state index in [0.29, 0.717) is 38.5 Å². The lowest BCUT2D eigenvalue weighted by Gasteiger charge is -2.31. The Labute approximate surface area is 235 Å². The number of imide groups is 1. The molecule has 1 aliphatic carbocycles. The Hall–Kier alpha value is -4.42. The van der Waals surface area contributed by atoms with Gasteiger partial charge < -0.3 is 9.64 Å². The van der Waals surface area contributed by atoms with Crippen molar-refractivity contribution in [3.8, 4) is 11.1 Å². The minimum absolute atomic E-state index is 0.0435. The summed E-state index contributed by atoms with van der Waals surface area (Å²) >= 11 is 0. The highest BCUT2D eigenvalue weighted by atomic mass is 19.4. The number of ether oxygens (including phenoxy) is 1. The topological polar surface area (TPSA) is 79.8 Å². The van der Waals surface area contributed by atoms with Crippen LogP contribution < -0.4 is 0 Å². The van der Waals surface area contributed by atoms with Crippen molar-refractivity contribution in [1.82, 2.24) is 14.8 Å². The van der Waals surface area contributed by atoms with Crippen LogP contribution in [0.15, 0.2) is 60.8 Å². The summed E-state index contributed by atoms with van der Waals surface area (Å²) in [5.74, 6) is -2.64. The lowest BCUT2D eigenvalue weighted by molar-refractivity contribution is -0.187. The second-order valence-corrected chi connectivity index (χ2v) is 10.1. The third kappa shape index (κ3) is 5.30. The van der Waals surface area contributed by atoms with Crippen LogP contribution in [0.3, 0.4) is 0 Å². The van der Waals surface area contributed by atoms with E-state index in [1.807, 2.05) is 0 Å². The van der Waals surface area contributed by atoms with E-state index in [-0.39, 0.29) is 17.7 Å². The first kappa shape index (κ1) is 29.1. The van der Waals surface area contributed by atoms with E-state index >= 15 is 0 Å². The molecular formula is C29H23F6N3O4. The number of fused-ring (bicyclic) bond motifs is 2. The molecule has 42 heavy (non-hydrogen) atoms. The van der Waals surface area contributed by atoms with E-state index in [9.17, 15) is 40.7 Å². The minimum atomic E-state index is -4.82. The molecule has 0 N–H and O–H groups in total. The van der Waals surface area contributed by atoms with Crippen LogP contribution in [0.5, 0.6) is 0 Å². The molecule has 1 unspecified atom stereocenters. The summed E-state index contributed by atoms with van der Waals surface area (Å²) in [4.78, 5) is 44.3. The van der Waals surface area contributed by atoms with Crippen LogP contribution in [-0.2, 0) is 32.9 Å². The molecule has 1 saturated heterocycles. The van der Waals surface area contributed by atoms with Gasteiger partial charge in [-0.25, -0.2) is 22.9 Å². The highest BCUT2D eigenvalue weighted by Gasteiger charge is 2.58. The zero-order chi connectivity index (χ0) is 30.4. The number of benzene rings is 2. The number of hydrogen-bond donors (Lipinski definition) is 0. The summed E-state index contributed by atoms with van der Waals surface area (Å²) in [5, 5.41) is 0. The molecule has 3 amide bonds. The van der Waals surface area contributed by atoms with Crippen LogP contribution in [-0.4, -0.2) is 51.5 Å². The molecule has 1 aromatic heterocycles. The third-order valence-corrected chi connectivity index (χ3v) is 7.52. The Morgan fingerprint density at radius 3 is 2.38 bits per heavy atom. The highest BCUT2D eigenvalue weighted by Crippen LogP contribution is 2.46. The molecule has 1 fully saturated rings. The molecule has 1 spiro atoms. The summed E-state index contributed by atoms with van der Waals surface area (Å²) in [6.45, 7) is -0.758. The van der Waals surface area contributed by atoms with Gasteiger partial charge in [-0.2, -0.15) is 13.2 Å². The van der Waals surface area contributed by atoms with Gasteiger partial charge in [0, 0.05) is 30.3 Å². The average molecular weight is 592 g/mol. The maximum atomic E-state index is 13.6. The van der Waals surface area contributed by atoms with E-state index < -0.39 is 61.1 Å². The molecule has 0 radical (unpaired) electrons. The van der Waals surface area contributed by atoms with Crippen LogP contribution in [0.25, 0.3) is 11.1 Å². The minimum Gasteiger partial charge on any atom is -0.427 e. The molecule has 5 rings (SSSR count).